The molecular formula is C19H25N3O2S. The van der Waals surface area contributed by atoms with Gasteiger partial charge in [0, 0.05) is 18.0 Å². The molecule has 2 aromatic rings. The first kappa shape index (κ1) is 16.8. The molecule has 4 rings (SSSR count). The van der Waals surface area contributed by atoms with Crippen LogP contribution in [0.1, 0.15) is 55.4 Å². The van der Waals surface area contributed by atoms with Crippen molar-refractivity contribution in [2.75, 3.05) is 13.7 Å². The van der Waals surface area contributed by atoms with Gasteiger partial charge >= 0.3 is 0 Å². The smallest absolute Gasteiger partial charge is 0.260 e. The molecule has 0 radical (unpaired) electrons. The summed E-state index contributed by atoms with van der Waals surface area (Å²) in [4.78, 5) is 25.6. The Bertz CT molecular complexity index is 767. The first-order valence-corrected chi connectivity index (χ1v) is 10.2. The topological polar surface area (TPSA) is 55.3 Å². The molecule has 2 heterocycles. The van der Waals surface area contributed by atoms with Crippen LogP contribution in [0.25, 0.3) is 10.2 Å². The summed E-state index contributed by atoms with van der Waals surface area (Å²) >= 11 is 1.75. The standard InChI is InChI=1S/C19H25N3O2S/c1-22(13-7-3-2-4-8-13)16(23)11-24-18-17-14-9-5-6-10-15(14)25-19(17)21-12-20-18/h12-13H,2-11H2,1H3. The maximum Gasteiger partial charge on any atom is 0.260 e. The number of aryl methyl sites for hydroxylation is 2. The molecule has 1 fully saturated rings. The van der Waals surface area contributed by atoms with Crippen LogP contribution in [0, 0.1) is 0 Å². The van der Waals surface area contributed by atoms with Gasteiger partial charge in [0.1, 0.15) is 11.2 Å². The number of carbonyl (C=O) groups excluding carboxylic acids is 1. The monoisotopic (exact) mass is 359 g/mol. The van der Waals surface area contributed by atoms with Gasteiger partial charge in [0.25, 0.3) is 5.91 Å². The van der Waals surface area contributed by atoms with E-state index in [9.17, 15) is 4.79 Å². The molecule has 1 amide bonds. The molecule has 1 saturated carbocycles. The van der Waals surface area contributed by atoms with Gasteiger partial charge in [-0.2, -0.15) is 0 Å². The number of thiophene rings is 1. The maximum atomic E-state index is 12.5. The molecule has 2 aromatic heterocycles. The molecule has 0 N–H and O–H groups in total. The first-order chi connectivity index (χ1) is 12.2. The van der Waals surface area contributed by atoms with Crippen LogP contribution in [-0.4, -0.2) is 40.5 Å². The Morgan fingerprint density at radius 2 is 2.00 bits per heavy atom. The lowest BCUT2D eigenvalue weighted by Gasteiger charge is -2.31. The zero-order valence-electron chi connectivity index (χ0n) is 14.8. The summed E-state index contributed by atoms with van der Waals surface area (Å²) in [5, 5.41) is 1.04. The number of ether oxygens (including phenoxy) is 1. The Morgan fingerprint density at radius 1 is 1.20 bits per heavy atom. The van der Waals surface area contributed by atoms with Crippen LogP contribution in [-0.2, 0) is 17.6 Å². The van der Waals surface area contributed by atoms with Crippen molar-refractivity contribution in [3.8, 4) is 5.88 Å². The largest absolute Gasteiger partial charge is 0.467 e. The van der Waals surface area contributed by atoms with Gasteiger partial charge in [-0.1, -0.05) is 19.3 Å². The second-order valence-corrected chi connectivity index (χ2v) is 8.24. The van der Waals surface area contributed by atoms with E-state index in [1.54, 1.807) is 17.7 Å². The number of fused-ring (bicyclic) bond motifs is 3. The third-order valence-electron chi connectivity index (χ3n) is 5.56. The van der Waals surface area contributed by atoms with Crippen LogP contribution in [0.15, 0.2) is 6.33 Å². The lowest BCUT2D eigenvalue weighted by molar-refractivity contribution is -0.134. The summed E-state index contributed by atoms with van der Waals surface area (Å²) in [5.41, 5.74) is 1.34. The number of aromatic nitrogens is 2. The van der Waals surface area contributed by atoms with E-state index in [4.69, 9.17) is 4.74 Å². The average molecular weight is 359 g/mol. The van der Waals surface area contributed by atoms with Crippen molar-refractivity contribution in [1.29, 1.82) is 0 Å². The minimum Gasteiger partial charge on any atom is -0.467 e. The molecule has 0 atom stereocenters. The molecule has 0 saturated heterocycles. The van der Waals surface area contributed by atoms with Crippen LogP contribution >= 0.6 is 11.3 Å². The molecule has 6 heteroatoms. The van der Waals surface area contributed by atoms with Gasteiger partial charge in [0.15, 0.2) is 6.61 Å². The van der Waals surface area contributed by atoms with Crippen molar-refractivity contribution in [1.82, 2.24) is 14.9 Å². The van der Waals surface area contributed by atoms with Crippen LogP contribution < -0.4 is 4.74 Å². The van der Waals surface area contributed by atoms with Gasteiger partial charge < -0.3 is 9.64 Å². The predicted octanol–water partition coefficient (Wildman–Crippen LogP) is 3.74. The Morgan fingerprint density at radius 3 is 2.84 bits per heavy atom. The summed E-state index contributed by atoms with van der Waals surface area (Å²) < 4.78 is 5.88. The molecule has 0 aromatic carbocycles. The predicted molar refractivity (Wildman–Crippen MR) is 99.2 cm³/mol. The molecule has 134 valence electrons. The van der Waals surface area contributed by atoms with E-state index in [1.807, 2.05) is 11.9 Å². The fraction of sp³-hybridized carbons (Fsp3) is 0.632. The van der Waals surface area contributed by atoms with Gasteiger partial charge in [0.05, 0.1) is 5.39 Å². The Hall–Kier alpha value is -1.69. The molecule has 0 bridgehead atoms. The van der Waals surface area contributed by atoms with Crippen molar-refractivity contribution >= 4 is 27.5 Å². The summed E-state index contributed by atoms with van der Waals surface area (Å²) in [6.07, 6.45) is 12.1. The average Bonchev–Trinajstić information content (AvgIpc) is 3.05. The summed E-state index contributed by atoms with van der Waals surface area (Å²) in [6, 6.07) is 0.365. The molecule has 0 unspecified atom stereocenters. The van der Waals surface area contributed by atoms with Gasteiger partial charge in [-0.05, 0) is 44.1 Å². The normalized spacial score (nSPS) is 18.1. The minimum absolute atomic E-state index is 0.0442. The third kappa shape index (κ3) is 3.36. The number of nitrogens with zero attached hydrogens (tertiary/aromatic N) is 3. The molecule has 0 aliphatic heterocycles. The van der Waals surface area contributed by atoms with E-state index in [0.29, 0.717) is 11.9 Å². The number of carbonyl (C=O) groups is 1. The van der Waals surface area contributed by atoms with Gasteiger partial charge in [-0.15, -0.1) is 11.3 Å². The van der Waals surface area contributed by atoms with Crippen LogP contribution in [0.3, 0.4) is 0 Å². The summed E-state index contributed by atoms with van der Waals surface area (Å²) in [5.74, 6) is 0.623. The highest BCUT2D eigenvalue weighted by atomic mass is 32.1. The fourth-order valence-corrected chi connectivity index (χ4v) is 5.29. The highest BCUT2D eigenvalue weighted by molar-refractivity contribution is 7.18. The van der Waals surface area contributed by atoms with Crippen molar-refractivity contribution in [2.45, 2.75) is 63.8 Å². The molecule has 2 aliphatic carbocycles. The van der Waals surface area contributed by atoms with Crippen molar-refractivity contribution in [2.24, 2.45) is 0 Å². The minimum atomic E-state index is 0.0442. The summed E-state index contributed by atoms with van der Waals surface area (Å²) in [7, 11) is 1.91. The maximum absolute atomic E-state index is 12.5. The zero-order valence-corrected chi connectivity index (χ0v) is 15.6. The Labute approximate surface area is 152 Å². The van der Waals surface area contributed by atoms with Gasteiger partial charge in [-0.3, -0.25) is 4.79 Å². The van der Waals surface area contributed by atoms with Crippen molar-refractivity contribution < 1.29 is 9.53 Å². The fourth-order valence-electron chi connectivity index (χ4n) is 4.07. The van der Waals surface area contributed by atoms with Crippen LogP contribution in [0.4, 0.5) is 0 Å². The molecule has 5 nitrogen and oxygen atoms in total. The van der Waals surface area contributed by atoms with Gasteiger partial charge in [-0.25, -0.2) is 9.97 Å². The Kier molecular flexibility index (Phi) is 4.88. The second-order valence-electron chi connectivity index (χ2n) is 7.16. The number of hydrogen-bond donors (Lipinski definition) is 0. The van der Waals surface area contributed by atoms with E-state index in [-0.39, 0.29) is 12.5 Å². The van der Waals surface area contributed by atoms with E-state index >= 15 is 0 Å². The van der Waals surface area contributed by atoms with Gasteiger partial charge in [0.2, 0.25) is 5.88 Å². The molecule has 25 heavy (non-hydrogen) atoms. The van der Waals surface area contributed by atoms with E-state index in [2.05, 4.69) is 9.97 Å². The SMILES string of the molecule is CN(C(=O)COc1ncnc2sc3c(c12)CCCC3)C1CCCCC1. The quantitative estimate of drug-likeness (QED) is 0.834. The second kappa shape index (κ2) is 7.28. The molecular weight excluding hydrogens is 334 g/mol. The van der Waals surface area contributed by atoms with Crippen molar-refractivity contribution in [3.05, 3.63) is 16.8 Å². The van der Waals surface area contributed by atoms with E-state index in [1.165, 1.54) is 42.5 Å². The van der Waals surface area contributed by atoms with Crippen LogP contribution in [0.2, 0.25) is 0 Å². The lowest BCUT2D eigenvalue weighted by Crippen LogP contribution is -2.40. The number of rotatable bonds is 4. The summed E-state index contributed by atoms with van der Waals surface area (Å²) in [6.45, 7) is 0.0593. The highest BCUT2D eigenvalue weighted by Crippen LogP contribution is 2.38. The Balaban J connectivity index is 1.49. The number of likely N-dealkylation sites (N-methyl/N-ethyl adjacent to an activating group) is 1. The number of hydrogen-bond acceptors (Lipinski definition) is 5. The lowest BCUT2D eigenvalue weighted by atomic mass is 9.94. The van der Waals surface area contributed by atoms with Crippen molar-refractivity contribution in [3.63, 3.8) is 0 Å². The first-order valence-electron chi connectivity index (χ1n) is 9.37. The van der Waals surface area contributed by atoms with Crippen LogP contribution in [0.5, 0.6) is 5.88 Å². The van der Waals surface area contributed by atoms with E-state index < -0.39 is 0 Å². The van der Waals surface area contributed by atoms with E-state index in [0.717, 1.165) is 35.9 Å². The highest BCUT2D eigenvalue weighted by Gasteiger charge is 2.24. The third-order valence-corrected chi connectivity index (χ3v) is 6.76. The molecule has 0 spiro atoms. The molecule has 2 aliphatic rings. The zero-order chi connectivity index (χ0) is 17.2. The number of amides is 1.